The second-order valence-electron chi connectivity index (χ2n) is 4.48. The highest BCUT2D eigenvalue weighted by molar-refractivity contribution is 5.70. The summed E-state index contributed by atoms with van der Waals surface area (Å²) in [6.07, 6.45) is 7.47. The highest BCUT2D eigenvalue weighted by Crippen LogP contribution is 2.31. The Morgan fingerprint density at radius 2 is 2.07 bits per heavy atom. The van der Waals surface area contributed by atoms with E-state index in [0.717, 1.165) is 13.1 Å². The largest absolute Gasteiger partial charge is 0.313 e. The molecule has 3 rings (SSSR count). The predicted molar refractivity (Wildman–Crippen MR) is 63.9 cm³/mol. The summed E-state index contributed by atoms with van der Waals surface area (Å²) in [5.41, 5.74) is 6.32. The van der Waals surface area contributed by atoms with Crippen LogP contribution in [0.15, 0.2) is 24.3 Å². The molecule has 0 amide bonds. The van der Waals surface area contributed by atoms with Crippen molar-refractivity contribution in [1.82, 2.24) is 5.32 Å². The van der Waals surface area contributed by atoms with Gasteiger partial charge in [-0.2, -0.15) is 0 Å². The fourth-order valence-electron chi connectivity index (χ4n) is 2.79. The van der Waals surface area contributed by atoms with Crippen LogP contribution in [0.5, 0.6) is 0 Å². The number of rotatable bonds is 1. The van der Waals surface area contributed by atoms with Gasteiger partial charge in [0, 0.05) is 6.54 Å². The van der Waals surface area contributed by atoms with E-state index in [1.807, 2.05) is 0 Å². The predicted octanol–water partition coefficient (Wildman–Crippen LogP) is 2.55. The van der Waals surface area contributed by atoms with Crippen LogP contribution in [0, 0.1) is 0 Å². The molecular weight excluding hydrogens is 182 g/mol. The molecule has 0 atom stereocenters. The summed E-state index contributed by atoms with van der Waals surface area (Å²) >= 11 is 0. The second kappa shape index (κ2) is 3.82. The number of hydrogen-bond acceptors (Lipinski definition) is 1. The smallest absolute Gasteiger partial charge is 0.0140 e. The van der Waals surface area contributed by atoms with Crippen molar-refractivity contribution in [2.45, 2.75) is 25.7 Å². The van der Waals surface area contributed by atoms with Crippen LogP contribution in [0.3, 0.4) is 0 Å². The molecule has 0 spiro atoms. The van der Waals surface area contributed by atoms with Crippen molar-refractivity contribution in [3.05, 3.63) is 41.0 Å². The van der Waals surface area contributed by atoms with Gasteiger partial charge in [-0.3, -0.25) is 0 Å². The molecule has 1 heteroatoms. The molecule has 1 heterocycles. The number of aryl methyl sites for hydroxylation is 1. The maximum Gasteiger partial charge on any atom is 0.0140 e. The summed E-state index contributed by atoms with van der Waals surface area (Å²) in [5, 5.41) is 3.38. The van der Waals surface area contributed by atoms with Gasteiger partial charge in [0.1, 0.15) is 0 Å². The second-order valence-corrected chi connectivity index (χ2v) is 4.48. The zero-order valence-corrected chi connectivity index (χ0v) is 9.05. The van der Waals surface area contributed by atoms with Crippen molar-refractivity contribution in [2.75, 3.05) is 13.1 Å². The van der Waals surface area contributed by atoms with Gasteiger partial charge in [-0.25, -0.2) is 0 Å². The fourth-order valence-corrected chi connectivity index (χ4v) is 2.79. The number of benzene rings is 1. The average Bonchev–Trinajstić information content (AvgIpc) is 2.78. The Bertz CT molecular complexity index is 404. The Kier molecular flexibility index (Phi) is 2.34. The molecule has 0 saturated heterocycles. The summed E-state index contributed by atoms with van der Waals surface area (Å²) in [4.78, 5) is 0. The molecular formula is C14H17N. The topological polar surface area (TPSA) is 12.0 Å². The third-order valence-electron chi connectivity index (χ3n) is 3.56. The SMILES string of the molecule is C1=C(c2cccc3c2CCC3)CCNC1. The molecule has 1 aliphatic heterocycles. The molecule has 0 unspecified atom stereocenters. The first-order valence-corrected chi connectivity index (χ1v) is 5.96. The number of fused-ring (bicyclic) bond motifs is 1. The quantitative estimate of drug-likeness (QED) is 0.733. The van der Waals surface area contributed by atoms with E-state index >= 15 is 0 Å². The Labute approximate surface area is 91.2 Å². The monoisotopic (exact) mass is 199 g/mol. The maximum absolute atomic E-state index is 3.38. The van der Waals surface area contributed by atoms with Gasteiger partial charge >= 0.3 is 0 Å². The Morgan fingerprint density at radius 1 is 1.07 bits per heavy atom. The molecule has 1 aliphatic carbocycles. The summed E-state index contributed by atoms with van der Waals surface area (Å²) in [6, 6.07) is 6.83. The van der Waals surface area contributed by atoms with E-state index in [-0.39, 0.29) is 0 Å². The van der Waals surface area contributed by atoms with Gasteiger partial charge in [-0.1, -0.05) is 24.3 Å². The van der Waals surface area contributed by atoms with Crippen molar-refractivity contribution in [3.63, 3.8) is 0 Å². The first kappa shape index (κ1) is 9.17. The highest BCUT2D eigenvalue weighted by Gasteiger charge is 2.16. The van der Waals surface area contributed by atoms with E-state index < -0.39 is 0 Å². The molecule has 1 N–H and O–H groups in total. The molecule has 0 saturated carbocycles. The van der Waals surface area contributed by atoms with Crippen molar-refractivity contribution in [2.24, 2.45) is 0 Å². The molecule has 0 radical (unpaired) electrons. The molecule has 1 nitrogen and oxygen atoms in total. The Morgan fingerprint density at radius 3 is 2.93 bits per heavy atom. The van der Waals surface area contributed by atoms with Crippen molar-refractivity contribution in [3.8, 4) is 0 Å². The third-order valence-corrected chi connectivity index (χ3v) is 3.56. The molecule has 2 aliphatic rings. The minimum atomic E-state index is 1.04. The first-order chi connectivity index (χ1) is 7.45. The third kappa shape index (κ3) is 1.61. The van der Waals surface area contributed by atoms with Gasteiger partial charge in [0.05, 0.1) is 0 Å². The van der Waals surface area contributed by atoms with Crippen LogP contribution in [-0.2, 0) is 12.8 Å². The first-order valence-electron chi connectivity index (χ1n) is 5.96. The Hall–Kier alpha value is -1.08. The lowest BCUT2D eigenvalue weighted by Crippen LogP contribution is -2.20. The summed E-state index contributed by atoms with van der Waals surface area (Å²) in [5.74, 6) is 0. The lowest BCUT2D eigenvalue weighted by molar-refractivity contribution is 0.738. The maximum atomic E-state index is 3.38. The standard InChI is InChI=1S/C14H17N/c1-3-11-4-2-6-14(13(11)5-1)12-7-9-15-10-8-12/h2,4,6-7,15H,1,3,5,8-10H2. The van der Waals surface area contributed by atoms with Gasteiger partial charge in [0.15, 0.2) is 0 Å². The van der Waals surface area contributed by atoms with E-state index in [4.69, 9.17) is 0 Å². The van der Waals surface area contributed by atoms with Gasteiger partial charge in [0.2, 0.25) is 0 Å². The number of nitrogens with one attached hydrogen (secondary N) is 1. The lowest BCUT2D eigenvalue weighted by Gasteiger charge is -2.17. The van der Waals surface area contributed by atoms with Crippen LogP contribution in [0.2, 0.25) is 0 Å². The fraction of sp³-hybridized carbons (Fsp3) is 0.429. The molecule has 0 bridgehead atoms. The van der Waals surface area contributed by atoms with Crippen LogP contribution >= 0.6 is 0 Å². The Balaban J connectivity index is 2.04. The number of hydrogen-bond donors (Lipinski definition) is 1. The van der Waals surface area contributed by atoms with E-state index in [1.54, 1.807) is 16.7 Å². The van der Waals surface area contributed by atoms with Crippen LogP contribution in [-0.4, -0.2) is 13.1 Å². The molecule has 0 fully saturated rings. The van der Waals surface area contributed by atoms with Crippen LogP contribution in [0.25, 0.3) is 5.57 Å². The van der Waals surface area contributed by atoms with E-state index in [1.165, 1.54) is 31.2 Å². The van der Waals surface area contributed by atoms with E-state index in [2.05, 4.69) is 29.6 Å². The summed E-state index contributed by atoms with van der Waals surface area (Å²) in [6.45, 7) is 2.18. The van der Waals surface area contributed by atoms with Crippen LogP contribution in [0.1, 0.15) is 29.5 Å². The van der Waals surface area contributed by atoms with Gasteiger partial charge < -0.3 is 5.32 Å². The normalized spacial score (nSPS) is 19.9. The van der Waals surface area contributed by atoms with E-state index in [0.29, 0.717) is 0 Å². The van der Waals surface area contributed by atoms with Gasteiger partial charge in [0.25, 0.3) is 0 Å². The highest BCUT2D eigenvalue weighted by atomic mass is 14.8. The van der Waals surface area contributed by atoms with Gasteiger partial charge in [-0.05, 0) is 54.5 Å². The zero-order valence-electron chi connectivity index (χ0n) is 9.05. The van der Waals surface area contributed by atoms with Crippen molar-refractivity contribution in [1.29, 1.82) is 0 Å². The van der Waals surface area contributed by atoms with Crippen LogP contribution < -0.4 is 5.32 Å². The molecule has 78 valence electrons. The average molecular weight is 199 g/mol. The minimum Gasteiger partial charge on any atom is -0.313 e. The summed E-state index contributed by atoms with van der Waals surface area (Å²) in [7, 11) is 0. The van der Waals surface area contributed by atoms with Crippen molar-refractivity contribution >= 4 is 5.57 Å². The van der Waals surface area contributed by atoms with E-state index in [9.17, 15) is 0 Å². The van der Waals surface area contributed by atoms with Gasteiger partial charge in [-0.15, -0.1) is 0 Å². The molecule has 15 heavy (non-hydrogen) atoms. The zero-order chi connectivity index (χ0) is 10.1. The molecule has 0 aromatic heterocycles. The molecule has 1 aromatic rings. The summed E-state index contributed by atoms with van der Waals surface area (Å²) < 4.78 is 0. The lowest BCUT2D eigenvalue weighted by atomic mass is 9.93. The van der Waals surface area contributed by atoms with Crippen LogP contribution in [0.4, 0.5) is 0 Å². The van der Waals surface area contributed by atoms with Crippen molar-refractivity contribution < 1.29 is 0 Å². The minimum absolute atomic E-state index is 1.04. The molecule has 1 aromatic carbocycles.